The molecule has 3 rings (SSSR count). The summed E-state index contributed by atoms with van der Waals surface area (Å²) in [7, 11) is 0. The molecule has 0 aliphatic carbocycles. The fourth-order valence-corrected chi connectivity index (χ4v) is 3.07. The van der Waals surface area contributed by atoms with Crippen LogP contribution in [0.25, 0.3) is 6.08 Å². The molecule has 0 saturated carbocycles. The monoisotopic (exact) mass is 224 g/mol. The van der Waals surface area contributed by atoms with Crippen LogP contribution in [0.15, 0.2) is 35.9 Å². The van der Waals surface area contributed by atoms with Crippen molar-refractivity contribution in [2.75, 3.05) is 6.54 Å². The van der Waals surface area contributed by atoms with E-state index < -0.39 is 0 Å². The van der Waals surface area contributed by atoms with Crippen molar-refractivity contribution < 1.29 is 0 Å². The van der Waals surface area contributed by atoms with Crippen LogP contribution in [0, 0.1) is 11.3 Å². The zero-order valence-corrected chi connectivity index (χ0v) is 9.84. The summed E-state index contributed by atoms with van der Waals surface area (Å²) in [5.74, 6) is 0. The van der Waals surface area contributed by atoms with Gasteiger partial charge in [0.05, 0.1) is 12.1 Å². The van der Waals surface area contributed by atoms with Crippen LogP contribution in [0.1, 0.15) is 24.8 Å². The van der Waals surface area contributed by atoms with Gasteiger partial charge < -0.3 is 0 Å². The zero-order valence-electron chi connectivity index (χ0n) is 9.84. The molecule has 2 nitrogen and oxygen atoms in total. The standard InChI is InChI=1S/C15H16N2/c16-11-14-6-7-15-13(8-9-17(14)15)10-12-4-2-1-3-5-12/h1-5,10,14-15H,6-9H2/b13-10+/t14-,15-/m1/s1. The molecule has 2 heteroatoms. The van der Waals surface area contributed by atoms with Gasteiger partial charge in [-0.3, -0.25) is 4.90 Å². The number of hydrogen-bond donors (Lipinski definition) is 0. The maximum atomic E-state index is 9.08. The van der Waals surface area contributed by atoms with E-state index in [9.17, 15) is 0 Å². The molecule has 2 aliphatic rings. The van der Waals surface area contributed by atoms with E-state index in [1.165, 1.54) is 11.1 Å². The lowest BCUT2D eigenvalue weighted by atomic mass is 10.0. The van der Waals surface area contributed by atoms with Gasteiger partial charge in [-0.05, 0) is 24.8 Å². The Morgan fingerprint density at radius 2 is 2.06 bits per heavy atom. The van der Waals surface area contributed by atoms with E-state index in [4.69, 9.17) is 5.26 Å². The Bertz CT molecular complexity index is 469. The van der Waals surface area contributed by atoms with Crippen LogP contribution >= 0.6 is 0 Å². The van der Waals surface area contributed by atoms with Crippen LogP contribution in [-0.4, -0.2) is 23.5 Å². The molecule has 0 amide bonds. The molecule has 1 aromatic carbocycles. The number of fused-ring (bicyclic) bond motifs is 1. The zero-order chi connectivity index (χ0) is 11.7. The van der Waals surface area contributed by atoms with Gasteiger partial charge in [0.2, 0.25) is 0 Å². The first kappa shape index (κ1) is 10.6. The van der Waals surface area contributed by atoms with E-state index in [1.54, 1.807) is 0 Å². The Hall–Kier alpha value is -1.59. The minimum atomic E-state index is 0.154. The summed E-state index contributed by atoms with van der Waals surface area (Å²) in [5.41, 5.74) is 2.79. The molecule has 0 radical (unpaired) electrons. The van der Waals surface area contributed by atoms with Crippen molar-refractivity contribution >= 4 is 6.08 Å². The smallest absolute Gasteiger partial charge is 0.0983 e. The quantitative estimate of drug-likeness (QED) is 0.733. The fraction of sp³-hybridized carbons (Fsp3) is 0.400. The van der Waals surface area contributed by atoms with Crippen LogP contribution < -0.4 is 0 Å². The van der Waals surface area contributed by atoms with Crippen molar-refractivity contribution in [1.29, 1.82) is 5.26 Å². The SMILES string of the molecule is N#C[C@H]1CC[C@@H]2/C(=C/c3ccccc3)CCN21. The molecule has 17 heavy (non-hydrogen) atoms. The summed E-state index contributed by atoms with van der Waals surface area (Å²) in [6, 6.07) is 13.6. The molecule has 1 aromatic rings. The molecule has 2 saturated heterocycles. The second-order valence-corrected chi connectivity index (χ2v) is 4.86. The third kappa shape index (κ3) is 1.87. The second-order valence-electron chi connectivity index (χ2n) is 4.86. The topological polar surface area (TPSA) is 27.0 Å². The first-order valence-electron chi connectivity index (χ1n) is 6.29. The Morgan fingerprint density at radius 3 is 2.82 bits per heavy atom. The summed E-state index contributed by atoms with van der Waals surface area (Å²) in [6.45, 7) is 1.06. The first-order valence-corrected chi connectivity index (χ1v) is 6.29. The van der Waals surface area contributed by atoms with Crippen LogP contribution in [0.3, 0.4) is 0 Å². The highest BCUT2D eigenvalue weighted by Crippen LogP contribution is 2.36. The molecule has 0 N–H and O–H groups in total. The van der Waals surface area contributed by atoms with Gasteiger partial charge in [0, 0.05) is 12.6 Å². The van der Waals surface area contributed by atoms with Gasteiger partial charge in [0.15, 0.2) is 0 Å². The van der Waals surface area contributed by atoms with Gasteiger partial charge in [-0.2, -0.15) is 5.26 Å². The highest BCUT2D eigenvalue weighted by Gasteiger charge is 2.39. The van der Waals surface area contributed by atoms with Gasteiger partial charge in [0.1, 0.15) is 0 Å². The normalized spacial score (nSPS) is 30.4. The number of nitrogens with zero attached hydrogens (tertiary/aromatic N) is 2. The average Bonchev–Trinajstić information content (AvgIpc) is 2.93. The summed E-state index contributed by atoms with van der Waals surface area (Å²) >= 11 is 0. The van der Waals surface area contributed by atoms with E-state index in [1.807, 2.05) is 6.07 Å². The molecule has 2 aliphatic heterocycles. The lowest BCUT2D eigenvalue weighted by Gasteiger charge is -2.17. The summed E-state index contributed by atoms with van der Waals surface area (Å²) in [4.78, 5) is 2.37. The molecular weight excluding hydrogens is 208 g/mol. The number of rotatable bonds is 1. The maximum Gasteiger partial charge on any atom is 0.0983 e. The van der Waals surface area contributed by atoms with Gasteiger partial charge in [0.25, 0.3) is 0 Å². The lowest BCUT2D eigenvalue weighted by molar-refractivity contribution is 0.295. The molecule has 0 unspecified atom stereocenters. The Balaban J connectivity index is 1.84. The van der Waals surface area contributed by atoms with Crippen molar-refractivity contribution in [3.8, 4) is 6.07 Å². The summed E-state index contributed by atoms with van der Waals surface area (Å²) in [5, 5.41) is 9.08. The third-order valence-corrected chi connectivity index (χ3v) is 3.90. The first-order chi connectivity index (χ1) is 8.38. The van der Waals surface area contributed by atoms with E-state index in [2.05, 4.69) is 41.3 Å². The highest BCUT2D eigenvalue weighted by molar-refractivity contribution is 5.55. The molecular formula is C15H16N2. The number of nitriles is 1. The summed E-state index contributed by atoms with van der Waals surface area (Å²) < 4.78 is 0. The van der Waals surface area contributed by atoms with Crippen LogP contribution in [0.2, 0.25) is 0 Å². The fourth-order valence-electron chi connectivity index (χ4n) is 3.07. The van der Waals surface area contributed by atoms with E-state index in [0.29, 0.717) is 6.04 Å². The van der Waals surface area contributed by atoms with Gasteiger partial charge in [-0.15, -0.1) is 0 Å². The molecule has 0 aromatic heterocycles. The van der Waals surface area contributed by atoms with Crippen molar-refractivity contribution in [2.45, 2.75) is 31.3 Å². The lowest BCUT2D eigenvalue weighted by Crippen LogP contribution is -2.30. The van der Waals surface area contributed by atoms with E-state index in [-0.39, 0.29) is 6.04 Å². The van der Waals surface area contributed by atoms with Crippen molar-refractivity contribution in [3.63, 3.8) is 0 Å². The maximum absolute atomic E-state index is 9.08. The van der Waals surface area contributed by atoms with Crippen molar-refractivity contribution in [1.82, 2.24) is 4.90 Å². The van der Waals surface area contributed by atoms with Crippen LogP contribution in [0.4, 0.5) is 0 Å². The van der Waals surface area contributed by atoms with Crippen molar-refractivity contribution in [3.05, 3.63) is 41.5 Å². The predicted molar refractivity (Wildman–Crippen MR) is 68.2 cm³/mol. The largest absolute Gasteiger partial charge is 0.281 e. The number of benzene rings is 1. The molecule has 2 fully saturated rings. The summed E-state index contributed by atoms with van der Waals surface area (Å²) in [6.07, 6.45) is 5.62. The number of hydrogen-bond acceptors (Lipinski definition) is 2. The molecule has 2 atom stereocenters. The average molecular weight is 224 g/mol. The van der Waals surface area contributed by atoms with Gasteiger partial charge in [-0.1, -0.05) is 42.0 Å². The minimum absolute atomic E-state index is 0.154. The predicted octanol–water partition coefficient (Wildman–Crippen LogP) is 2.83. The Morgan fingerprint density at radius 1 is 1.24 bits per heavy atom. The van der Waals surface area contributed by atoms with E-state index in [0.717, 1.165) is 25.8 Å². The molecule has 0 spiro atoms. The Labute approximate surface area is 102 Å². The minimum Gasteiger partial charge on any atom is -0.281 e. The van der Waals surface area contributed by atoms with Crippen LogP contribution in [-0.2, 0) is 0 Å². The van der Waals surface area contributed by atoms with Crippen molar-refractivity contribution in [2.24, 2.45) is 0 Å². The third-order valence-electron chi connectivity index (χ3n) is 3.90. The van der Waals surface area contributed by atoms with Gasteiger partial charge >= 0.3 is 0 Å². The van der Waals surface area contributed by atoms with Crippen LogP contribution in [0.5, 0.6) is 0 Å². The van der Waals surface area contributed by atoms with E-state index >= 15 is 0 Å². The second kappa shape index (κ2) is 4.35. The molecule has 0 bridgehead atoms. The Kier molecular flexibility index (Phi) is 2.70. The van der Waals surface area contributed by atoms with Gasteiger partial charge in [-0.25, -0.2) is 0 Å². The highest BCUT2D eigenvalue weighted by atomic mass is 15.2. The molecule has 86 valence electrons. The molecule has 2 heterocycles.